The molecule has 0 unspecified atom stereocenters. The minimum atomic E-state index is -0.0790. The Morgan fingerprint density at radius 1 is 1.10 bits per heavy atom. The smallest absolute Gasteiger partial charge is 0.244 e. The van der Waals surface area contributed by atoms with Gasteiger partial charge in [-0.25, -0.2) is 4.98 Å². The van der Waals surface area contributed by atoms with Crippen LogP contribution in [0.15, 0.2) is 42.5 Å². The number of nitrogens with one attached hydrogen (secondary N) is 2. The summed E-state index contributed by atoms with van der Waals surface area (Å²) in [5.41, 5.74) is 4.98. The number of rotatable bonds is 8. The molecule has 6 heteroatoms. The third kappa shape index (κ3) is 4.70. The Balaban J connectivity index is 1.44. The van der Waals surface area contributed by atoms with Gasteiger partial charge in [-0.15, -0.1) is 0 Å². The van der Waals surface area contributed by atoms with Crippen molar-refractivity contribution in [1.82, 2.24) is 14.9 Å². The molecule has 1 saturated carbocycles. The molecule has 0 atom stereocenters. The van der Waals surface area contributed by atoms with Crippen LogP contribution in [0.5, 0.6) is 0 Å². The fourth-order valence-electron chi connectivity index (χ4n) is 3.60. The first kappa shape index (κ1) is 20.1. The summed E-state index contributed by atoms with van der Waals surface area (Å²) < 4.78 is 1.98. The maximum Gasteiger partial charge on any atom is 0.244 e. The Kier molecular flexibility index (Phi) is 5.84. The monoisotopic (exact) mass is 404 g/mol. The van der Waals surface area contributed by atoms with E-state index in [0.717, 1.165) is 47.4 Å². The number of carbonyl (C=O) groups excluding carboxylic acids is 2. The van der Waals surface area contributed by atoms with Crippen LogP contribution in [0.1, 0.15) is 36.2 Å². The first-order chi connectivity index (χ1) is 14.5. The summed E-state index contributed by atoms with van der Waals surface area (Å²) >= 11 is 0. The van der Waals surface area contributed by atoms with E-state index in [4.69, 9.17) is 4.98 Å². The highest BCUT2D eigenvalue weighted by Gasteiger charge is 2.29. The maximum atomic E-state index is 12.8. The van der Waals surface area contributed by atoms with Gasteiger partial charge in [0.05, 0.1) is 11.0 Å². The molecular weight excluding hydrogens is 376 g/mol. The highest BCUT2D eigenvalue weighted by Crippen LogP contribution is 2.28. The van der Waals surface area contributed by atoms with E-state index < -0.39 is 0 Å². The predicted octanol–water partition coefficient (Wildman–Crippen LogP) is 3.75. The van der Waals surface area contributed by atoms with E-state index in [2.05, 4.69) is 17.6 Å². The lowest BCUT2D eigenvalue weighted by Crippen LogP contribution is -2.26. The normalized spacial score (nSPS) is 13.4. The number of amides is 2. The molecule has 1 aliphatic carbocycles. The highest BCUT2D eigenvalue weighted by molar-refractivity contribution is 5.92. The molecule has 0 saturated heterocycles. The van der Waals surface area contributed by atoms with Crippen molar-refractivity contribution in [3.63, 3.8) is 0 Å². The van der Waals surface area contributed by atoms with Crippen LogP contribution in [0.25, 0.3) is 11.0 Å². The molecule has 2 aromatic carbocycles. The molecular formula is C24H28N4O2. The summed E-state index contributed by atoms with van der Waals surface area (Å²) in [5, 5.41) is 5.99. The number of para-hydroxylation sites is 2. The van der Waals surface area contributed by atoms with Crippen LogP contribution in [0, 0.1) is 19.8 Å². The zero-order chi connectivity index (χ0) is 21.1. The van der Waals surface area contributed by atoms with E-state index in [-0.39, 0.29) is 24.3 Å². The van der Waals surface area contributed by atoms with E-state index >= 15 is 0 Å². The first-order valence-corrected chi connectivity index (χ1v) is 10.6. The van der Waals surface area contributed by atoms with Gasteiger partial charge < -0.3 is 15.2 Å². The van der Waals surface area contributed by atoms with E-state index in [1.54, 1.807) is 0 Å². The van der Waals surface area contributed by atoms with Crippen LogP contribution in [-0.2, 0) is 22.6 Å². The highest BCUT2D eigenvalue weighted by atomic mass is 16.2. The van der Waals surface area contributed by atoms with Gasteiger partial charge >= 0.3 is 0 Å². The SMILES string of the molecule is Cc1ccc(NC(=O)Cn2c(CCCNC(=O)C3CC3)nc3ccccc32)cc1C. The first-order valence-electron chi connectivity index (χ1n) is 10.6. The van der Waals surface area contributed by atoms with E-state index in [1.807, 2.05) is 54.0 Å². The van der Waals surface area contributed by atoms with Crippen LogP contribution in [0.3, 0.4) is 0 Å². The molecule has 30 heavy (non-hydrogen) atoms. The third-order valence-electron chi connectivity index (χ3n) is 5.65. The molecule has 0 spiro atoms. The molecule has 2 amide bonds. The van der Waals surface area contributed by atoms with Crippen molar-refractivity contribution in [2.75, 3.05) is 11.9 Å². The zero-order valence-corrected chi connectivity index (χ0v) is 17.6. The van der Waals surface area contributed by atoms with Crippen molar-refractivity contribution < 1.29 is 9.59 Å². The van der Waals surface area contributed by atoms with Gasteiger partial charge in [0, 0.05) is 24.6 Å². The molecule has 1 heterocycles. The van der Waals surface area contributed by atoms with Gasteiger partial charge in [-0.1, -0.05) is 18.2 Å². The molecule has 4 rings (SSSR count). The second-order valence-corrected chi connectivity index (χ2v) is 8.12. The third-order valence-corrected chi connectivity index (χ3v) is 5.65. The lowest BCUT2D eigenvalue weighted by atomic mass is 10.1. The lowest BCUT2D eigenvalue weighted by molar-refractivity contribution is -0.122. The fourth-order valence-corrected chi connectivity index (χ4v) is 3.60. The number of anilines is 1. The number of hydrogen-bond acceptors (Lipinski definition) is 3. The number of aryl methyl sites for hydroxylation is 3. The van der Waals surface area contributed by atoms with Crippen LogP contribution in [-0.4, -0.2) is 27.9 Å². The van der Waals surface area contributed by atoms with Crippen LogP contribution in [0.4, 0.5) is 5.69 Å². The average molecular weight is 405 g/mol. The molecule has 1 aliphatic rings. The lowest BCUT2D eigenvalue weighted by Gasteiger charge is -2.11. The van der Waals surface area contributed by atoms with Gasteiger partial charge in [-0.2, -0.15) is 0 Å². The summed E-state index contributed by atoms with van der Waals surface area (Å²) in [4.78, 5) is 29.3. The van der Waals surface area contributed by atoms with Crippen LogP contribution in [0.2, 0.25) is 0 Å². The zero-order valence-electron chi connectivity index (χ0n) is 17.6. The Hall–Kier alpha value is -3.15. The van der Waals surface area contributed by atoms with Crippen molar-refractivity contribution in [1.29, 1.82) is 0 Å². The Morgan fingerprint density at radius 2 is 1.90 bits per heavy atom. The molecule has 156 valence electrons. The summed E-state index contributed by atoms with van der Waals surface area (Å²) in [6.45, 7) is 4.93. The quantitative estimate of drug-likeness (QED) is 0.562. The number of imidazole rings is 1. The van der Waals surface area contributed by atoms with E-state index in [1.165, 1.54) is 5.56 Å². The Bertz CT molecular complexity index is 1080. The number of aromatic nitrogens is 2. The van der Waals surface area contributed by atoms with Gasteiger partial charge in [0.25, 0.3) is 0 Å². The summed E-state index contributed by atoms with van der Waals surface area (Å²) in [6, 6.07) is 13.8. The fraction of sp³-hybridized carbons (Fsp3) is 0.375. The molecule has 1 fully saturated rings. The van der Waals surface area contributed by atoms with E-state index in [9.17, 15) is 9.59 Å². The van der Waals surface area contributed by atoms with Crippen LogP contribution < -0.4 is 10.6 Å². The van der Waals surface area contributed by atoms with E-state index in [0.29, 0.717) is 13.0 Å². The molecule has 2 N–H and O–H groups in total. The van der Waals surface area contributed by atoms with Crippen molar-refractivity contribution in [3.8, 4) is 0 Å². The van der Waals surface area contributed by atoms with Gasteiger partial charge in [0.15, 0.2) is 0 Å². The van der Waals surface area contributed by atoms with Crippen LogP contribution >= 0.6 is 0 Å². The number of nitrogens with zero attached hydrogens (tertiary/aromatic N) is 2. The van der Waals surface area contributed by atoms with Gasteiger partial charge in [-0.3, -0.25) is 9.59 Å². The van der Waals surface area contributed by atoms with Crippen molar-refractivity contribution in [3.05, 3.63) is 59.4 Å². The topological polar surface area (TPSA) is 76.0 Å². The van der Waals surface area contributed by atoms with Gasteiger partial charge in [0.2, 0.25) is 11.8 Å². The van der Waals surface area contributed by atoms with Gasteiger partial charge in [0.1, 0.15) is 12.4 Å². The Morgan fingerprint density at radius 3 is 2.67 bits per heavy atom. The minimum Gasteiger partial charge on any atom is -0.356 e. The van der Waals surface area contributed by atoms with Gasteiger partial charge in [-0.05, 0) is 68.5 Å². The van der Waals surface area contributed by atoms with Crippen molar-refractivity contribution in [2.24, 2.45) is 5.92 Å². The molecule has 1 aromatic heterocycles. The standard InChI is InChI=1S/C24H28N4O2/c1-16-9-12-19(14-17(16)2)26-23(29)15-28-21-7-4-3-6-20(21)27-22(28)8-5-13-25-24(30)18-10-11-18/h3-4,6-7,9,12,14,18H,5,8,10-11,13,15H2,1-2H3,(H,25,30)(H,26,29). The number of carbonyl (C=O) groups is 2. The summed E-state index contributed by atoms with van der Waals surface area (Å²) in [5.74, 6) is 1.18. The number of fused-ring (bicyclic) bond motifs is 1. The minimum absolute atomic E-state index is 0.0790. The second-order valence-electron chi connectivity index (χ2n) is 8.12. The Labute approximate surface area is 176 Å². The largest absolute Gasteiger partial charge is 0.356 e. The molecule has 0 aliphatic heterocycles. The van der Waals surface area contributed by atoms with Crippen molar-refractivity contribution in [2.45, 2.75) is 46.1 Å². The summed E-state index contributed by atoms with van der Waals surface area (Å²) in [6.07, 6.45) is 3.52. The number of benzene rings is 2. The summed E-state index contributed by atoms with van der Waals surface area (Å²) in [7, 11) is 0. The van der Waals surface area contributed by atoms with Crippen molar-refractivity contribution >= 4 is 28.5 Å². The second kappa shape index (κ2) is 8.69. The molecule has 0 bridgehead atoms. The average Bonchev–Trinajstić information content (AvgIpc) is 3.52. The molecule has 0 radical (unpaired) electrons. The molecule has 3 aromatic rings. The number of hydrogen-bond donors (Lipinski definition) is 2. The maximum absolute atomic E-state index is 12.8. The molecule has 6 nitrogen and oxygen atoms in total. The predicted molar refractivity (Wildman–Crippen MR) is 118 cm³/mol.